The molecule has 0 saturated heterocycles. The van der Waals surface area contributed by atoms with Gasteiger partial charge in [0.15, 0.2) is 6.61 Å². The largest absolute Gasteiger partial charge is 0.482 e. The Morgan fingerprint density at radius 1 is 1.09 bits per heavy atom. The second-order valence-electron chi connectivity index (χ2n) is 4.35. The highest BCUT2D eigenvalue weighted by Crippen LogP contribution is 2.31. The number of hydrogen-bond acceptors (Lipinski definition) is 3. The molecule has 22 heavy (non-hydrogen) atoms. The lowest BCUT2D eigenvalue weighted by molar-refractivity contribution is -0.122. The minimum absolute atomic E-state index is 0.0872. The molecule has 0 atom stereocenters. The van der Waals surface area contributed by atoms with E-state index >= 15 is 0 Å². The first-order chi connectivity index (χ1) is 10.7. The maximum absolute atomic E-state index is 11.7. The molecule has 0 spiro atoms. The predicted molar refractivity (Wildman–Crippen MR) is 92.1 cm³/mol. The molecule has 0 bridgehead atoms. The van der Waals surface area contributed by atoms with Crippen LogP contribution in [0.4, 0.5) is 0 Å². The molecule has 0 heterocycles. The van der Waals surface area contributed by atoms with Gasteiger partial charge in [0.25, 0.3) is 5.91 Å². The number of nitrogens with one attached hydrogen (secondary N) is 1. The van der Waals surface area contributed by atoms with Crippen molar-refractivity contribution in [2.75, 3.05) is 18.9 Å². The Balaban J connectivity index is 1.67. The zero-order chi connectivity index (χ0) is 15.8. The summed E-state index contributed by atoms with van der Waals surface area (Å²) >= 11 is 13.5. The number of rotatable bonds is 7. The average molecular weight is 356 g/mol. The molecule has 116 valence electrons. The molecule has 0 aromatic heterocycles. The molecule has 2 aromatic carbocycles. The van der Waals surface area contributed by atoms with Crippen molar-refractivity contribution in [3.63, 3.8) is 0 Å². The molecule has 0 aliphatic heterocycles. The Bertz CT molecular complexity index is 623. The van der Waals surface area contributed by atoms with Crippen molar-refractivity contribution in [1.82, 2.24) is 5.32 Å². The van der Waals surface area contributed by atoms with Gasteiger partial charge in [0.1, 0.15) is 10.8 Å². The van der Waals surface area contributed by atoms with Crippen LogP contribution in [0.15, 0.2) is 53.4 Å². The van der Waals surface area contributed by atoms with Crippen LogP contribution in [0.3, 0.4) is 0 Å². The van der Waals surface area contributed by atoms with Crippen molar-refractivity contribution >= 4 is 40.9 Å². The third-order valence-electron chi connectivity index (χ3n) is 2.71. The molecular weight excluding hydrogens is 341 g/mol. The minimum atomic E-state index is -0.190. The van der Waals surface area contributed by atoms with Crippen molar-refractivity contribution in [3.8, 4) is 5.75 Å². The first-order valence-corrected chi connectivity index (χ1v) is 8.42. The van der Waals surface area contributed by atoms with Crippen LogP contribution in [0, 0.1) is 0 Å². The van der Waals surface area contributed by atoms with E-state index in [-0.39, 0.29) is 12.5 Å². The molecule has 1 N–H and O–H groups in total. The highest BCUT2D eigenvalue weighted by molar-refractivity contribution is 7.99. The number of carbonyl (C=O) groups excluding carboxylic acids is 1. The summed E-state index contributed by atoms with van der Waals surface area (Å²) in [6.45, 7) is 0.487. The fourth-order valence-corrected chi connectivity index (χ4v) is 2.80. The van der Waals surface area contributed by atoms with Gasteiger partial charge in [-0.2, -0.15) is 0 Å². The highest BCUT2D eigenvalue weighted by Gasteiger charge is 2.07. The Morgan fingerprint density at radius 3 is 2.64 bits per heavy atom. The molecule has 0 fully saturated rings. The lowest BCUT2D eigenvalue weighted by Crippen LogP contribution is -2.30. The van der Waals surface area contributed by atoms with E-state index in [0.717, 1.165) is 5.75 Å². The van der Waals surface area contributed by atoms with E-state index in [0.29, 0.717) is 22.3 Å². The van der Waals surface area contributed by atoms with E-state index in [1.807, 2.05) is 30.3 Å². The molecule has 6 heteroatoms. The number of ether oxygens (including phenoxy) is 1. The molecule has 0 aliphatic carbocycles. The Kier molecular flexibility index (Phi) is 6.90. The summed E-state index contributed by atoms with van der Waals surface area (Å²) in [5.41, 5.74) is 0. The van der Waals surface area contributed by atoms with E-state index < -0.39 is 0 Å². The maximum Gasteiger partial charge on any atom is 0.257 e. The molecule has 0 unspecified atom stereocenters. The molecule has 1 amide bonds. The molecule has 0 radical (unpaired) electrons. The molecule has 0 saturated carbocycles. The summed E-state index contributed by atoms with van der Waals surface area (Å²) in [5, 5.41) is 3.51. The fraction of sp³-hybridized carbons (Fsp3) is 0.188. The molecule has 2 rings (SSSR count). The molecule has 3 nitrogen and oxygen atoms in total. The van der Waals surface area contributed by atoms with Crippen molar-refractivity contribution < 1.29 is 9.53 Å². The van der Waals surface area contributed by atoms with Gasteiger partial charge in [0.2, 0.25) is 0 Å². The second-order valence-corrected chi connectivity index (χ2v) is 6.31. The summed E-state index contributed by atoms with van der Waals surface area (Å²) in [7, 11) is 0. The van der Waals surface area contributed by atoms with Gasteiger partial charge in [-0.15, -0.1) is 11.8 Å². The van der Waals surface area contributed by atoms with Gasteiger partial charge in [-0.05, 0) is 24.3 Å². The van der Waals surface area contributed by atoms with Crippen LogP contribution in [0.25, 0.3) is 0 Å². The summed E-state index contributed by atoms with van der Waals surface area (Å²) in [5.74, 6) is 1.01. The average Bonchev–Trinajstić information content (AvgIpc) is 2.54. The number of halogens is 2. The summed E-state index contributed by atoms with van der Waals surface area (Å²) in [6.07, 6.45) is 0. The monoisotopic (exact) mass is 355 g/mol. The van der Waals surface area contributed by atoms with Crippen molar-refractivity contribution in [2.24, 2.45) is 0 Å². The molecule has 0 aliphatic rings. The normalized spacial score (nSPS) is 10.3. The Hall–Kier alpha value is -1.36. The quantitative estimate of drug-likeness (QED) is 0.594. The topological polar surface area (TPSA) is 38.3 Å². The van der Waals surface area contributed by atoms with E-state index in [2.05, 4.69) is 5.32 Å². The van der Waals surface area contributed by atoms with Gasteiger partial charge in [-0.25, -0.2) is 0 Å². The smallest absolute Gasteiger partial charge is 0.257 e. The summed E-state index contributed by atoms with van der Waals surface area (Å²) < 4.78 is 5.36. The number of hydrogen-bond donors (Lipinski definition) is 1. The van der Waals surface area contributed by atoms with E-state index in [1.165, 1.54) is 4.90 Å². The highest BCUT2D eigenvalue weighted by atomic mass is 35.5. The minimum Gasteiger partial charge on any atom is -0.482 e. The summed E-state index contributed by atoms with van der Waals surface area (Å²) in [6, 6.07) is 15.1. The maximum atomic E-state index is 11.7. The van der Waals surface area contributed by atoms with Crippen molar-refractivity contribution in [3.05, 3.63) is 58.6 Å². The molecular formula is C16H15Cl2NO2S. The lowest BCUT2D eigenvalue weighted by Gasteiger charge is -2.09. The standard InChI is InChI=1S/C16H15Cl2NO2S/c17-13-7-4-8-14(16(13)18)21-11-15(20)19-9-10-22-12-5-2-1-3-6-12/h1-8H,9-11H2,(H,19,20). The van der Waals surface area contributed by atoms with Crippen LogP contribution in [0.2, 0.25) is 10.0 Å². The van der Waals surface area contributed by atoms with Crippen LogP contribution < -0.4 is 10.1 Å². The number of benzene rings is 2. The SMILES string of the molecule is O=C(COc1cccc(Cl)c1Cl)NCCSc1ccccc1. The first-order valence-electron chi connectivity index (χ1n) is 6.68. The summed E-state index contributed by atoms with van der Waals surface area (Å²) in [4.78, 5) is 12.9. The Labute approximate surface area is 144 Å². The predicted octanol–water partition coefficient (Wildman–Crippen LogP) is 4.28. The third kappa shape index (κ3) is 5.44. The van der Waals surface area contributed by atoms with Crippen LogP contribution in [-0.2, 0) is 4.79 Å². The Morgan fingerprint density at radius 2 is 1.86 bits per heavy atom. The van der Waals surface area contributed by atoms with Gasteiger partial charge < -0.3 is 10.1 Å². The van der Waals surface area contributed by atoms with Crippen molar-refractivity contribution in [1.29, 1.82) is 0 Å². The van der Waals surface area contributed by atoms with Crippen LogP contribution >= 0.6 is 35.0 Å². The zero-order valence-corrected chi connectivity index (χ0v) is 14.0. The lowest BCUT2D eigenvalue weighted by atomic mass is 10.3. The van der Waals surface area contributed by atoms with Crippen LogP contribution in [0.1, 0.15) is 0 Å². The van der Waals surface area contributed by atoms with Gasteiger partial charge in [0, 0.05) is 17.2 Å². The zero-order valence-electron chi connectivity index (χ0n) is 11.7. The van der Waals surface area contributed by atoms with E-state index in [1.54, 1.807) is 30.0 Å². The number of amides is 1. The second kappa shape index (κ2) is 8.93. The van der Waals surface area contributed by atoms with Gasteiger partial charge in [-0.1, -0.05) is 47.5 Å². The fourth-order valence-electron chi connectivity index (χ4n) is 1.67. The van der Waals surface area contributed by atoms with Gasteiger partial charge in [-0.3, -0.25) is 4.79 Å². The van der Waals surface area contributed by atoms with E-state index in [4.69, 9.17) is 27.9 Å². The van der Waals surface area contributed by atoms with Crippen molar-refractivity contribution in [2.45, 2.75) is 4.90 Å². The van der Waals surface area contributed by atoms with Gasteiger partial charge >= 0.3 is 0 Å². The number of carbonyl (C=O) groups is 1. The van der Waals surface area contributed by atoms with E-state index in [9.17, 15) is 4.79 Å². The van der Waals surface area contributed by atoms with Crippen LogP contribution in [0.5, 0.6) is 5.75 Å². The van der Waals surface area contributed by atoms with Crippen LogP contribution in [-0.4, -0.2) is 24.8 Å². The number of thioether (sulfide) groups is 1. The van der Waals surface area contributed by atoms with Gasteiger partial charge in [0.05, 0.1) is 5.02 Å². The third-order valence-corrected chi connectivity index (χ3v) is 4.53. The molecule has 2 aromatic rings. The first kappa shape index (κ1) is 17.0.